The Hall–Kier alpha value is -3.32. The highest BCUT2D eigenvalue weighted by atomic mass is 16.7. The molecular weight excluding hydrogens is 386 g/mol. The minimum Gasteiger partial charge on any atom is -0.493 e. The quantitative estimate of drug-likeness (QED) is 0.338. The number of Topliss-reactive ketones (excluding diaryl/α,β-unsaturated/α-hetero) is 1. The summed E-state index contributed by atoms with van der Waals surface area (Å²) < 4.78 is 26.9. The van der Waals surface area contributed by atoms with Crippen molar-refractivity contribution in [2.75, 3.05) is 27.6 Å². The Morgan fingerprint density at radius 2 is 1.87 bits per heavy atom. The van der Waals surface area contributed by atoms with Gasteiger partial charge in [-0.2, -0.15) is 0 Å². The standard InChI is InChI=1S/C23H25NO6/c1-4-28-22-13-16(9-12-21(22)27-3)23-24-17(14-29-23)10-11-19(25)18-7-5-6-8-20(18)30-15-26-2/h5-9,12-14H,4,10-11,15H2,1-3H3. The van der Waals surface area contributed by atoms with Gasteiger partial charge in [0.05, 0.1) is 25.0 Å². The third-order valence-electron chi connectivity index (χ3n) is 4.39. The molecule has 7 heteroatoms. The van der Waals surface area contributed by atoms with Crippen LogP contribution >= 0.6 is 0 Å². The van der Waals surface area contributed by atoms with Gasteiger partial charge in [-0.1, -0.05) is 12.1 Å². The molecule has 1 aromatic heterocycles. The Balaban J connectivity index is 1.68. The predicted octanol–water partition coefficient (Wildman–Crippen LogP) is 4.55. The van der Waals surface area contributed by atoms with Crippen molar-refractivity contribution in [2.45, 2.75) is 19.8 Å². The number of ether oxygens (including phenoxy) is 4. The van der Waals surface area contributed by atoms with E-state index in [1.165, 1.54) is 7.11 Å². The molecule has 0 saturated carbocycles. The number of carbonyl (C=O) groups excluding carboxylic acids is 1. The number of oxazole rings is 1. The fraction of sp³-hybridized carbons (Fsp3) is 0.304. The summed E-state index contributed by atoms with van der Waals surface area (Å²) in [7, 11) is 3.13. The van der Waals surface area contributed by atoms with Crippen LogP contribution in [0.3, 0.4) is 0 Å². The summed E-state index contributed by atoms with van der Waals surface area (Å²) in [5.41, 5.74) is 1.99. The number of nitrogens with zero attached hydrogens (tertiary/aromatic N) is 1. The van der Waals surface area contributed by atoms with Crippen LogP contribution in [0.1, 0.15) is 29.4 Å². The minimum atomic E-state index is -0.0330. The van der Waals surface area contributed by atoms with E-state index in [0.29, 0.717) is 47.4 Å². The summed E-state index contributed by atoms with van der Waals surface area (Å²) in [4.78, 5) is 17.2. The van der Waals surface area contributed by atoms with Crippen LogP contribution in [0.4, 0.5) is 0 Å². The molecule has 7 nitrogen and oxygen atoms in total. The van der Waals surface area contributed by atoms with Crippen molar-refractivity contribution in [2.24, 2.45) is 0 Å². The van der Waals surface area contributed by atoms with Gasteiger partial charge in [-0.25, -0.2) is 4.98 Å². The van der Waals surface area contributed by atoms with Crippen LogP contribution in [0.15, 0.2) is 53.1 Å². The van der Waals surface area contributed by atoms with Crippen molar-refractivity contribution < 1.29 is 28.2 Å². The van der Waals surface area contributed by atoms with Crippen molar-refractivity contribution in [3.8, 4) is 28.7 Å². The molecular formula is C23H25NO6. The van der Waals surface area contributed by atoms with E-state index in [-0.39, 0.29) is 19.0 Å². The van der Waals surface area contributed by atoms with Gasteiger partial charge in [0.1, 0.15) is 12.0 Å². The van der Waals surface area contributed by atoms with Gasteiger partial charge in [-0.15, -0.1) is 0 Å². The van der Waals surface area contributed by atoms with Gasteiger partial charge < -0.3 is 23.4 Å². The second-order valence-corrected chi connectivity index (χ2v) is 6.41. The Labute approximate surface area is 175 Å². The second-order valence-electron chi connectivity index (χ2n) is 6.41. The normalized spacial score (nSPS) is 10.6. The molecule has 0 aliphatic rings. The van der Waals surface area contributed by atoms with Gasteiger partial charge in [0.15, 0.2) is 24.1 Å². The van der Waals surface area contributed by atoms with Gasteiger partial charge in [0.25, 0.3) is 0 Å². The first-order chi connectivity index (χ1) is 14.7. The molecule has 0 N–H and O–H groups in total. The van der Waals surface area contributed by atoms with Gasteiger partial charge >= 0.3 is 0 Å². The van der Waals surface area contributed by atoms with Gasteiger partial charge in [-0.05, 0) is 37.3 Å². The molecule has 0 bridgehead atoms. The SMILES string of the molecule is CCOc1cc(-c2nc(CCC(=O)c3ccccc3OCOC)co2)ccc1OC. The number of ketones is 1. The van der Waals surface area contributed by atoms with Gasteiger partial charge in [0, 0.05) is 25.5 Å². The van der Waals surface area contributed by atoms with Crippen molar-refractivity contribution >= 4 is 5.78 Å². The smallest absolute Gasteiger partial charge is 0.226 e. The fourth-order valence-electron chi connectivity index (χ4n) is 2.95. The molecule has 30 heavy (non-hydrogen) atoms. The van der Waals surface area contributed by atoms with Crippen LogP contribution in [0.2, 0.25) is 0 Å². The third-order valence-corrected chi connectivity index (χ3v) is 4.39. The summed E-state index contributed by atoms with van der Waals surface area (Å²) in [6, 6.07) is 12.6. The second kappa shape index (κ2) is 10.5. The number of rotatable bonds is 11. The molecule has 1 heterocycles. The van der Waals surface area contributed by atoms with E-state index in [9.17, 15) is 4.79 Å². The van der Waals surface area contributed by atoms with E-state index in [2.05, 4.69) is 4.98 Å². The average molecular weight is 411 g/mol. The molecule has 0 atom stereocenters. The number of carbonyl (C=O) groups is 1. The molecule has 0 saturated heterocycles. The van der Waals surface area contributed by atoms with Crippen LogP contribution in [0.25, 0.3) is 11.5 Å². The molecule has 0 amide bonds. The number of para-hydroxylation sites is 1. The number of hydrogen-bond acceptors (Lipinski definition) is 7. The highest BCUT2D eigenvalue weighted by molar-refractivity contribution is 5.98. The van der Waals surface area contributed by atoms with Crippen LogP contribution in [0, 0.1) is 0 Å². The molecule has 158 valence electrons. The van der Waals surface area contributed by atoms with E-state index in [4.69, 9.17) is 23.4 Å². The Morgan fingerprint density at radius 3 is 2.63 bits per heavy atom. The van der Waals surface area contributed by atoms with Crippen LogP contribution in [-0.2, 0) is 11.2 Å². The molecule has 2 aromatic carbocycles. The summed E-state index contributed by atoms with van der Waals surface area (Å²) in [6.45, 7) is 2.52. The molecule has 0 fully saturated rings. The zero-order valence-electron chi connectivity index (χ0n) is 17.3. The molecule has 0 spiro atoms. The van der Waals surface area contributed by atoms with Crippen LogP contribution in [-0.4, -0.2) is 38.4 Å². The lowest BCUT2D eigenvalue weighted by Crippen LogP contribution is -2.07. The Morgan fingerprint density at radius 1 is 1.03 bits per heavy atom. The fourth-order valence-corrected chi connectivity index (χ4v) is 2.95. The maximum atomic E-state index is 12.7. The number of benzene rings is 2. The maximum Gasteiger partial charge on any atom is 0.226 e. The largest absolute Gasteiger partial charge is 0.493 e. The number of aromatic nitrogens is 1. The lowest BCUT2D eigenvalue weighted by Gasteiger charge is -2.09. The highest BCUT2D eigenvalue weighted by Crippen LogP contribution is 2.32. The first kappa shape index (κ1) is 21.4. The lowest BCUT2D eigenvalue weighted by molar-refractivity contribution is 0.0502. The first-order valence-electron chi connectivity index (χ1n) is 9.65. The van der Waals surface area contributed by atoms with Crippen molar-refractivity contribution in [1.29, 1.82) is 0 Å². The Kier molecular flexibility index (Phi) is 7.45. The Bertz CT molecular complexity index is 981. The molecule has 3 rings (SSSR count). The molecule has 0 radical (unpaired) electrons. The third kappa shape index (κ3) is 5.18. The van der Waals surface area contributed by atoms with E-state index < -0.39 is 0 Å². The lowest BCUT2D eigenvalue weighted by atomic mass is 10.0. The molecule has 3 aromatic rings. The number of methoxy groups -OCH3 is 2. The molecule has 0 unspecified atom stereocenters. The maximum absolute atomic E-state index is 12.7. The molecule has 0 aliphatic carbocycles. The van der Waals surface area contributed by atoms with Crippen molar-refractivity contribution in [3.63, 3.8) is 0 Å². The monoisotopic (exact) mass is 411 g/mol. The van der Waals surface area contributed by atoms with E-state index in [0.717, 1.165) is 5.56 Å². The molecule has 0 aliphatic heterocycles. The zero-order chi connectivity index (χ0) is 21.3. The first-order valence-corrected chi connectivity index (χ1v) is 9.65. The van der Waals surface area contributed by atoms with Crippen LogP contribution in [0.5, 0.6) is 17.2 Å². The van der Waals surface area contributed by atoms with Gasteiger partial charge in [-0.3, -0.25) is 4.79 Å². The zero-order valence-corrected chi connectivity index (χ0v) is 17.3. The van der Waals surface area contributed by atoms with Crippen molar-refractivity contribution in [1.82, 2.24) is 4.98 Å². The summed E-state index contributed by atoms with van der Waals surface area (Å²) >= 11 is 0. The van der Waals surface area contributed by atoms with Crippen molar-refractivity contribution in [3.05, 3.63) is 60.0 Å². The number of aryl methyl sites for hydroxylation is 1. The minimum absolute atomic E-state index is 0.0330. The van der Waals surface area contributed by atoms with E-state index >= 15 is 0 Å². The van der Waals surface area contributed by atoms with Crippen LogP contribution < -0.4 is 14.2 Å². The van der Waals surface area contributed by atoms with Gasteiger partial charge in [0.2, 0.25) is 5.89 Å². The highest BCUT2D eigenvalue weighted by Gasteiger charge is 2.15. The van der Waals surface area contributed by atoms with E-state index in [1.54, 1.807) is 31.6 Å². The summed E-state index contributed by atoms with van der Waals surface area (Å²) in [5, 5.41) is 0. The average Bonchev–Trinajstić information content (AvgIpc) is 3.25. The van der Waals surface area contributed by atoms with E-state index in [1.807, 2.05) is 31.2 Å². The summed E-state index contributed by atoms with van der Waals surface area (Å²) in [6.07, 6.45) is 2.31. The topological polar surface area (TPSA) is 80.0 Å². The summed E-state index contributed by atoms with van der Waals surface area (Å²) in [5.74, 6) is 2.21. The number of hydrogen-bond donors (Lipinski definition) is 0. The predicted molar refractivity (Wildman–Crippen MR) is 111 cm³/mol.